The fourth-order valence-electron chi connectivity index (χ4n) is 4.92. The van der Waals surface area contributed by atoms with Crippen LogP contribution in [0.15, 0.2) is 48.5 Å². The number of carboxylic acids is 1. The SMILES string of the molecule is CCC(C)(NC(=O)OCC1c2ccccc2-c2ccccc21)C(=O)N(C)C1(C(=O)O)CCC1. The van der Waals surface area contributed by atoms with Crippen molar-refractivity contribution < 1.29 is 24.2 Å². The third-order valence-corrected chi connectivity index (χ3v) is 7.43. The highest BCUT2D eigenvalue weighted by Gasteiger charge is 2.52. The summed E-state index contributed by atoms with van der Waals surface area (Å²) in [5.41, 5.74) is 2.02. The fourth-order valence-corrected chi connectivity index (χ4v) is 4.92. The Labute approximate surface area is 193 Å². The maximum Gasteiger partial charge on any atom is 0.408 e. The molecule has 0 heterocycles. The smallest absolute Gasteiger partial charge is 0.408 e. The van der Waals surface area contributed by atoms with Crippen molar-refractivity contribution in [1.82, 2.24) is 10.2 Å². The molecule has 0 aromatic heterocycles. The number of nitrogens with zero attached hydrogens (tertiary/aromatic N) is 1. The molecule has 2 aromatic rings. The van der Waals surface area contributed by atoms with E-state index in [9.17, 15) is 19.5 Å². The Kier molecular flexibility index (Phi) is 5.91. The molecule has 33 heavy (non-hydrogen) atoms. The van der Waals surface area contributed by atoms with Gasteiger partial charge in [0.25, 0.3) is 0 Å². The molecule has 0 aliphatic heterocycles. The zero-order chi connectivity index (χ0) is 23.8. The number of alkyl carbamates (subject to hydrolysis) is 1. The Bertz CT molecular complexity index is 1050. The van der Waals surface area contributed by atoms with Gasteiger partial charge < -0.3 is 20.1 Å². The molecule has 0 radical (unpaired) electrons. The molecule has 1 unspecified atom stereocenters. The van der Waals surface area contributed by atoms with Gasteiger partial charge in [-0.05, 0) is 54.9 Å². The molecule has 0 bridgehead atoms. The van der Waals surface area contributed by atoms with Crippen molar-refractivity contribution in [3.05, 3.63) is 59.7 Å². The van der Waals surface area contributed by atoms with Crippen LogP contribution in [0.4, 0.5) is 4.79 Å². The molecule has 0 saturated heterocycles. The first kappa shape index (κ1) is 22.8. The van der Waals surface area contributed by atoms with E-state index in [1.165, 1.54) is 11.9 Å². The van der Waals surface area contributed by atoms with Crippen molar-refractivity contribution in [2.45, 2.75) is 56.5 Å². The number of ether oxygens (including phenoxy) is 1. The third kappa shape index (κ3) is 3.75. The molecule has 7 heteroatoms. The molecule has 174 valence electrons. The second kappa shape index (κ2) is 8.54. The molecule has 4 rings (SSSR count). The van der Waals surface area contributed by atoms with Gasteiger partial charge in [-0.3, -0.25) is 4.79 Å². The van der Waals surface area contributed by atoms with Crippen molar-refractivity contribution in [3.8, 4) is 11.1 Å². The van der Waals surface area contributed by atoms with Crippen LogP contribution in [0.3, 0.4) is 0 Å². The molecule has 2 aliphatic rings. The number of hydrogen-bond acceptors (Lipinski definition) is 4. The minimum Gasteiger partial charge on any atom is -0.479 e. The van der Waals surface area contributed by atoms with Crippen LogP contribution < -0.4 is 5.32 Å². The number of aliphatic carboxylic acids is 1. The van der Waals surface area contributed by atoms with Gasteiger partial charge in [0.2, 0.25) is 5.91 Å². The van der Waals surface area contributed by atoms with E-state index in [0.29, 0.717) is 19.3 Å². The molecular formula is C26H30N2O5. The normalized spacial score (nSPS) is 17.7. The average Bonchev–Trinajstić information content (AvgIpc) is 3.09. The van der Waals surface area contributed by atoms with Crippen LogP contribution >= 0.6 is 0 Å². The van der Waals surface area contributed by atoms with Gasteiger partial charge in [-0.25, -0.2) is 9.59 Å². The molecular weight excluding hydrogens is 420 g/mol. The van der Waals surface area contributed by atoms with Crippen LogP contribution in [0.1, 0.15) is 56.6 Å². The Balaban J connectivity index is 1.46. The first-order valence-corrected chi connectivity index (χ1v) is 11.4. The van der Waals surface area contributed by atoms with Crippen LogP contribution in [0.5, 0.6) is 0 Å². The fraction of sp³-hybridized carbons (Fsp3) is 0.423. The Morgan fingerprint density at radius 2 is 1.64 bits per heavy atom. The van der Waals surface area contributed by atoms with Gasteiger partial charge in [0, 0.05) is 13.0 Å². The lowest BCUT2D eigenvalue weighted by molar-refractivity contribution is -0.166. The summed E-state index contributed by atoms with van der Waals surface area (Å²) in [6.07, 6.45) is 1.19. The molecule has 1 fully saturated rings. The number of carboxylic acid groups (broad SMARTS) is 1. The zero-order valence-electron chi connectivity index (χ0n) is 19.3. The predicted octanol–water partition coefficient (Wildman–Crippen LogP) is 4.16. The number of rotatable bonds is 7. The van der Waals surface area contributed by atoms with Gasteiger partial charge in [0.15, 0.2) is 0 Å². The van der Waals surface area contributed by atoms with Gasteiger partial charge in [-0.2, -0.15) is 0 Å². The summed E-state index contributed by atoms with van der Waals surface area (Å²) >= 11 is 0. The summed E-state index contributed by atoms with van der Waals surface area (Å²) in [7, 11) is 1.50. The number of hydrogen-bond donors (Lipinski definition) is 2. The Morgan fingerprint density at radius 3 is 2.09 bits per heavy atom. The molecule has 2 amide bonds. The summed E-state index contributed by atoms with van der Waals surface area (Å²) in [6.45, 7) is 3.54. The van der Waals surface area contributed by atoms with Gasteiger partial charge in [-0.1, -0.05) is 55.5 Å². The number of carbonyl (C=O) groups is 3. The molecule has 2 aromatic carbocycles. The van der Waals surface area contributed by atoms with Crippen LogP contribution in [0.25, 0.3) is 11.1 Å². The third-order valence-electron chi connectivity index (χ3n) is 7.43. The lowest BCUT2D eigenvalue weighted by Crippen LogP contribution is -2.66. The van der Waals surface area contributed by atoms with E-state index in [-0.39, 0.29) is 12.5 Å². The summed E-state index contributed by atoms with van der Waals surface area (Å²) in [5.74, 6) is -1.52. The van der Waals surface area contributed by atoms with Gasteiger partial charge in [0.1, 0.15) is 17.7 Å². The van der Waals surface area contributed by atoms with Crippen LogP contribution in [0.2, 0.25) is 0 Å². The predicted molar refractivity (Wildman–Crippen MR) is 124 cm³/mol. The summed E-state index contributed by atoms with van der Waals surface area (Å²) in [5, 5.41) is 12.4. The molecule has 7 nitrogen and oxygen atoms in total. The minimum absolute atomic E-state index is 0.0836. The average molecular weight is 451 g/mol. The summed E-state index contributed by atoms with van der Waals surface area (Å²) in [6, 6.07) is 16.1. The van der Waals surface area contributed by atoms with E-state index in [2.05, 4.69) is 17.4 Å². The monoisotopic (exact) mass is 450 g/mol. The lowest BCUT2D eigenvalue weighted by atomic mass is 9.74. The van der Waals surface area contributed by atoms with Crippen molar-refractivity contribution >= 4 is 18.0 Å². The van der Waals surface area contributed by atoms with Crippen molar-refractivity contribution in [3.63, 3.8) is 0 Å². The van der Waals surface area contributed by atoms with E-state index in [0.717, 1.165) is 28.7 Å². The Morgan fingerprint density at radius 1 is 1.09 bits per heavy atom. The van der Waals surface area contributed by atoms with Gasteiger partial charge >= 0.3 is 12.1 Å². The molecule has 2 aliphatic carbocycles. The highest BCUT2D eigenvalue weighted by Crippen LogP contribution is 2.44. The lowest BCUT2D eigenvalue weighted by Gasteiger charge is -2.47. The minimum atomic E-state index is -1.27. The van der Waals surface area contributed by atoms with E-state index in [4.69, 9.17) is 4.74 Å². The first-order valence-electron chi connectivity index (χ1n) is 11.4. The maximum absolute atomic E-state index is 13.3. The quantitative estimate of drug-likeness (QED) is 0.660. The number of benzene rings is 2. The van der Waals surface area contributed by atoms with E-state index >= 15 is 0 Å². The second-order valence-corrected chi connectivity index (χ2v) is 9.19. The number of amides is 2. The largest absolute Gasteiger partial charge is 0.479 e. The van der Waals surface area contributed by atoms with E-state index < -0.39 is 29.0 Å². The second-order valence-electron chi connectivity index (χ2n) is 9.19. The highest BCUT2D eigenvalue weighted by molar-refractivity contribution is 5.94. The standard InChI is InChI=1S/C26H30N2O5/c1-4-25(2,22(29)28(3)26(23(30)31)14-9-15-26)27-24(32)33-16-21-19-12-7-5-10-17(19)18-11-6-8-13-20(18)21/h5-8,10-13,21H,4,9,14-16H2,1-3H3,(H,27,32)(H,30,31). The Hall–Kier alpha value is -3.35. The number of fused-ring (bicyclic) bond motifs is 3. The molecule has 1 saturated carbocycles. The zero-order valence-corrected chi connectivity index (χ0v) is 19.3. The van der Waals surface area contributed by atoms with Crippen molar-refractivity contribution in [2.75, 3.05) is 13.7 Å². The number of nitrogens with one attached hydrogen (secondary N) is 1. The van der Waals surface area contributed by atoms with Crippen molar-refractivity contribution in [2.24, 2.45) is 0 Å². The highest BCUT2D eigenvalue weighted by atomic mass is 16.5. The van der Waals surface area contributed by atoms with Crippen LogP contribution in [-0.4, -0.2) is 52.7 Å². The van der Waals surface area contributed by atoms with Gasteiger partial charge in [-0.15, -0.1) is 0 Å². The molecule has 1 atom stereocenters. The topological polar surface area (TPSA) is 95.9 Å². The number of carbonyl (C=O) groups excluding carboxylic acids is 2. The first-order chi connectivity index (χ1) is 15.7. The molecule has 0 spiro atoms. The van der Waals surface area contributed by atoms with Crippen molar-refractivity contribution in [1.29, 1.82) is 0 Å². The summed E-state index contributed by atoms with van der Waals surface area (Å²) < 4.78 is 5.60. The molecule has 2 N–H and O–H groups in total. The van der Waals surface area contributed by atoms with E-state index in [1.807, 2.05) is 36.4 Å². The van der Waals surface area contributed by atoms with Crippen LogP contribution in [-0.2, 0) is 14.3 Å². The number of likely N-dealkylation sites (N-methyl/N-ethyl adjacent to an activating group) is 1. The van der Waals surface area contributed by atoms with E-state index in [1.54, 1.807) is 13.8 Å². The summed E-state index contributed by atoms with van der Waals surface area (Å²) in [4.78, 5) is 39.1. The van der Waals surface area contributed by atoms with Crippen LogP contribution in [0, 0.1) is 0 Å². The van der Waals surface area contributed by atoms with Gasteiger partial charge in [0.05, 0.1) is 0 Å². The maximum atomic E-state index is 13.3.